The summed E-state index contributed by atoms with van der Waals surface area (Å²) in [6, 6.07) is 17.0. The summed E-state index contributed by atoms with van der Waals surface area (Å²) in [5.41, 5.74) is 3.00. The fraction of sp³-hybridized carbons (Fsp3) is 0.455. The molecule has 0 amide bonds. The second kappa shape index (κ2) is 12.0. The van der Waals surface area contributed by atoms with Crippen LogP contribution in [0.5, 0.6) is 5.75 Å². The Morgan fingerprint density at radius 1 is 0.951 bits per heavy atom. The van der Waals surface area contributed by atoms with Crippen LogP contribution in [0.2, 0.25) is 0 Å². The molecule has 41 heavy (non-hydrogen) atoms. The number of halogens is 4. The topological polar surface area (TPSA) is 27.7 Å². The third-order valence-corrected chi connectivity index (χ3v) is 8.99. The van der Waals surface area contributed by atoms with E-state index < -0.39 is 30.6 Å². The lowest BCUT2D eigenvalue weighted by molar-refractivity contribution is 0.0686. The van der Waals surface area contributed by atoms with Crippen LogP contribution in [0.3, 0.4) is 0 Å². The van der Waals surface area contributed by atoms with E-state index in [9.17, 15) is 8.78 Å². The van der Waals surface area contributed by atoms with E-state index >= 15 is 8.78 Å². The van der Waals surface area contributed by atoms with Crippen LogP contribution >= 0.6 is 0 Å². The molecule has 3 aromatic carbocycles. The Bertz CT molecular complexity index is 1320. The van der Waals surface area contributed by atoms with Crippen molar-refractivity contribution in [2.45, 2.75) is 51.2 Å². The lowest BCUT2D eigenvalue weighted by atomic mass is 9.74. The fourth-order valence-electron chi connectivity index (χ4n) is 7.02. The number of alkyl halides is 2. The average Bonchev–Trinajstić information content (AvgIpc) is 2.97. The molecular formula is C33H37F4N3O. The van der Waals surface area contributed by atoms with Gasteiger partial charge in [-0.15, -0.1) is 0 Å². The highest BCUT2D eigenvalue weighted by atomic mass is 19.3. The predicted molar refractivity (Wildman–Crippen MR) is 153 cm³/mol. The van der Waals surface area contributed by atoms with E-state index in [1.165, 1.54) is 17.0 Å². The van der Waals surface area contributed by atoms with E-state index in [4.69, 9.17) is 4.74 Å². The van der Waals surface area contributed by atoms with Crippen LogP contribution in [0.1, 0.15) is 54.0 Å². The van der Waals surface area contributed by atoms with Crippen molar-refractivity contribution in [3.05, 3.63) is 94.6 Å². The normalized spacial score (nSPS) is 23.1. The van der Waals surface area contributed by atoms with Crippen LogP contribution in [0, 0.1) is 17.0 Å². The van der Waals surface area contributed by atoms with Gasteiger partial charge in [0.1, 0.15) is 24.0 Å². The van der Waals surface area contributed by atoms with E-state index in [1.54, 1.807) is 12.1 Å². The molecule has 0 saturated carbocycles. The van der Waals surface area contributed by atoms with Crippen molar-refractivity contribution in [3.63, 3.8) is 0 Å². The third kappa shape index (κ3) is 6.09. The first-order valence-electron chi connectivity index (χ1n) is 14.7. The zero-order valence-electron chi connectivity index (χ0n) is 23.2. The van der Waals surface area contributed by atoms with E-state index in [-0.39, 0.29) is 17.5 Å². The van der Waals surface area contributed by atoms with Crippen molar-refractivity contribution in [2.24, 2.45) is 5.41 Å². The number of nitrogens with one attached hydrogen (secondary N) is 1. The lowest BCUT2D eigenvalue weighted by Gasteiger charge is -2.46. The summed E-state index contributed by atoms with van der Waals surface area (Å²) in [6.07, 6.45) is 2.17. The number of anilines is 1. The van der Waals surface area contributed by atoms with Gasteiger partial charge in [-0.2, -0.15) is 0 Å². The van der Waals surface area contributed by atoms with E-state index in [1.807, 2.05) is 36.4 Å². The minimum Gasteiger partial charge on any atom is -0.489 e. The van der Waals surface area contributed by atoms with E-state index in [0.29, 0.717) is 30.0 Å². The van der Waals surface area contributed by atoms with E-state index in [0.717, 1.165) is 63.0 Å². The molecule has 3 heterocycles. The molecule has 1 spiro atoms. The summed E-state index contributed by atoms with van der Waals surface area (Å²) < 4.78 is 65.2. The molecule has 3 aromatic rings. The first-order valence-corrected chi connectivity index (χ1v) is 14.7. The van der Waals surface area contributed by atoms with E-state index in [2.05, 4.69) is 10.2 Å². The fourth-order valence-corrected chi connectivity index (χ4v) is 7.02. The molecule has 0 aliphatic carbocycles. The Balaban J connectivity index is 1.29. The monoisotopic (exact) mass is 567 g/mol. The van der Waals surface area contributed by atoms with Gasteiger partial charge in [-0.05, 0) is 79.6 Å². The van der Waals surface area contributed by atoms with Gasteiger partial charge in [0.25, 0.3) is 6.43 Å². The first kappa shape index (κ1) is 28.0. The number of rotatable bonds is 7. The van der Waals surface area contributed by atoms with Crippen LogP contribution in [0.15, 0.2) is 60.7 Å². The van der Waals surface area contributed by atoms with Crippen molar-refractivity contribution in [1.82, 2.24) is 10.2 Å². The molecule has 0 aromatic heterocycles. The summed E-state index contributed by atoms with van der Waals surface area (Å²) >= 11 is 0. The van der Waals surface area contributed by atoms with Crippen LogP contribution < -0.4 is 15.0 Å². The first-order chi connectivity index (χ1) is 19.9. The summed E-state index contributed by atoms with van der Waals surface area (Å²) in [6.45, 7) is 3.54. The van der Waals surface area contributed by atoms with Gasteiger partial charge in [0, 0.05) is 42.8 Å². The highest BCUT2D eigenvalue weighted by molar-refractivity contribution is 5.53. The standard InChI is InChI=1S/C33H37F4N3O/c34-28-17-25(40-14-5-12-33(22-40)11-4-13-38-21-33)18-29(35)31(28)32-27-9-8-26(41-20-23-6-2-1-3-7-23)16-24(27)10-15-39(32)19-30(36)37/h1-3,6-9,16-18,30,32,38H,4-5,10-15,19-22H2. The molecule has 8 heteroatoms. The number of hydrogen-bond acceptors (Lipinski definition) is 4. The molecule has 218 valence electrons. The Morgan fingerprint density at radius 3 is 2.46 bits per heavy atom. The second-order valence-corrected chi connectivity index (χ2v) is 11.8. The maximum Gasteiger partial charge on any atom is 0.251 e. The largest absolute Gasteiger partial charge is 0.489 e. The number of benzene rings is 3. The van der Waals surface area contributed by atoms with Crippen LogP contribution in [-0.4, -0.2) is 50.6 Å². The molecule has 6 rings (SSSR count). The molecule has 4 nitrogen and oxygen atoms in total. The summed E-state index contributed by atoms with van der Waals surface area (Å²) in [4.78, 5) is 3.59. The van der Waals surface area contributed by atoms with Crippen LogP contribution in [-0.2, 0) is 13.0 Å². The van der Waals surface area contributed by atoms with Gasteiger partial charge in [-0.1, -0.05) is 36.4 Å². The molecule has 3 aliphatic rings. The SMILES string of the molecule is Fc1cc(N2CCCC3(CCCNC3)C2)cc(F)c1C1c2ccc(OCc3ccccc3)cc2CCN1CC(F)F. The van der Waals surface area contributed by atoms with Crippen molar-refractivity contribution < 1.29 is 22.3 Å². The smallest absolute Gasteiger partial charge is 0.251 e. The maximum atomic E-state index is 16.0. The average molecular weight is 568 g/mol. The molecule has 0 bridgehead atoms. The quantitative estimate of drug-likeness (QED) is 0.321. The maximum absolute atomic E-state index is 16.0. The second-order valence-electron chi connectivity index (χ2n) is 11.8. The number of ether oxygens (including phenoxy) is 1. The van der Waals surface area contributed by atoms with Gasteiger partial charge < -0.3 is 15.0 Å². The zero-order chi connectivity index (χ0) is 28.4. The number of nitrogens with zero attached hydrogens (tertiary/aromatic N) is 2. The van der Waals surface area contributed by atoms with Gasteiger partial charge in [0.15, 0.2) is 0 Å². The molecule has 2 atom stereocenters. The highest BCUT2D eigenvalue weighted by Crippen LogP contribution is 2.42. The van der Waals surface area contributed by atoms with Gasteiger partial charge in [0.2, 0.25) is 0 Å². The van der Waals surface area contributed by atoms with Gasteiger partial charge >= 0.3 is 0 Å². The summed E-state index contributed by atoms with van der Waals surface area (Å²) in [7, 11) is 0. The number of fused-ring (bicyclic) bond motifs is 1. The van der Waals surface area contributed by atoms with Crippen molar-refractivity contribution in [3.8, 4) is 5.75 Å². The van der Waals surface area contributed by atoms with Crippen molar-refractivity contribution >= 4 is 5.69 Å². The zero-order valence-corrected chi connectivity index (χ0v) is 23.2. The Morgan fingerprint density at radius 2 is 1.73 bits per heavy atom. The molecule has 2 saturated heterocycles. The molecule has 0 radical (unpaired) electrons. The van der Waals surface area contributed by atoms with Crippen LogP contribution in [0.25, 0.3) is 0 Å². The Kier molecular flexibility index (Phi) is 8.22. The number of hydrogen-bond donors (Lipinski definition) is 1. The Hall–Kier alpha value is -3.10. The van der Waals surface area contributed by atoms with Gasteiger partial charge in [-0.3, -0.25) is 4.90 Å². The Labute approximate surface area is 239 Å². The van der Waals surface area contributed by atoms with Crippen molar-refractivity contribution in [1.29, 1.82) is 0 Å². The minimum absolute atomic E-state index is 0.124. The summed E-state index contributed by atoms with van der Waals surface area (Å²) in [5.74, 6) is -0.744. The van der Waals surface area contributed by atoms with Crippen LogP contribution in [0.4, 0.5) is 23.2 Å². The van der Waals surface area contributed by atoms with Gasteiger partial charge in [-0.25, -0.2) is 17.6 Å². The lowest BCUT2D eigenvalue weighted by Crippen LogP contribution is -2.51. The molecule has 1 N–H and O–H groups in total. The van der Waals surface area contributed by atoms with Crippen molar-refractivity contribution in [2.75, 3.05) is 44.2 Å². The minimum atomic E-state index is -2.62. The van der Waals surface area contributed by atoms with Gasteiger partial charge in [0.05, 0.1) is 12.6 Å². The number of piperidine rings is 2. The third-order valence-electron chi connectivity index (χ3n) is 8.99. The molecular weight excluding hydrogens is 530 g/mol. The molecule has 2 unspecified atom stereocenters. The highest BCUT2D eigenvalue weighted by Gasteiger charge is 2.38. The molecule has 3 aliphatic heterocycles. The predicted octanol–water partition coefficient (Wildman–Crippen LogP) is 6.73. The molecule has 2 fully saturated rings. The summed E-state index contributed by atoms with van der Waals surface area (Å²) in [5, 5.41) is 3.49.